The number of anilines is 2. The van der Waals surface area contributed by atoms with E-state index in [0.29, 0.717) is 29.5 Å². The van der Waals surface area contributed by atoms with E-state index < -0.39 is 32.0 Å². The number of carbonyl (C=O) groups is 1. The highest BCUT2D eigenvalue weighted by Gasteiger charge is 2.29. The van der Waals surface area contributed by atoms with Crippen molar-refractivity contribution in [1.82, 2.24) is 4.31 Å². The lowest BCUT2D eigenvalue weighted by molar-refractivity contribution is -0.116. The first kappa shape index (κ1) is 25.1. The molecule has 0 aliphatic heterocycles. The number of sulfonamides is 2. The van der Waals surface area contributed by atoms with Crippen molar-refractivity contribution < 1.29 is 21.6 Å². The van der Waals surface area contributed by atoms with Crippen LogP contribution >= 0.6 is 11.6 Å². The van der Waals surface area contributed by atoms with Gasteiger partial charge in [-0.15, -0.1) is 0 Å². The predicted molar refractivity (Wildman–Crippen MR) is 123 cm³/mol. The van der Waals surface area contributed by atoms with Crippen LogP contribution in [-0.2, 0) is 24.8 Å². The third-order valence-corrected chi connectivity index (χ3v) is 8.19. The molecule has 0 aliphatic carbocycles. The highest BCUT2D eigenvalue weighted by molar-refractivity contribution is 7.92. The van der Waals surface area contributed by atoms with Crippen LogP contribution < -0.4 is 9.62 Å². The first-order valence-electron chi connectivity index (χ1n) is 9.57. The summed E-state index contributed by atoms with van der Waals surface area (Å²) in [5.74, 6) is -0.570. The van der Waals surface area contributed by atoms with E-state index >= 15 is 0 Å². The minimum Gasteiger partial charge on any atom is -0.324 e. The number of hydrogen-bond acceptors (Lipinski definition) is 5. The van der Waals surface area contributed by atoms with Gasteiger partial charge >= 0.3 is 0 Å². The van der Waals surface area contributed by atoms with Crippen molar-refractivity contribution >= 4 is 48.9 Å². The zero-order valence-electron chi connectivity index (χ0n) is 17.7. The van der Waals surface area contributed by atoms with Crippen LogP contribution in [0, 0.1) is 0 Å². The number of amides is 1. The molecule has 0 saturated heterocycles. The highest BCUT2D eigenvalue weighted by Crippen LogP contribution is 2.24. The fourth-order valence-corrected chi connectivity index (χ4v) is 5.83. The zero-order valence-corrected chi connectivity index (χ0v) is 20.1. The van der Waals surface area contributed by atoms with E-state index in [9.17, 15) is 21.6 Å². The fourth-order valence-electron chi connectivity index (χ4n) is 3.07. The maximum Gasteiger partial charge on any atom is 0.247 e. The molecule has 2 aromatic carbocycles. The van der Waals surface area contributed by atoms with Crippen molar-refractivity contribution in [3.05, 3.63) is 53.6 Å². The topological polar surface area (TPSA) is 104 Å². The Labute approximate surface area is 188 Å². The molecule has 2 aromatic rings. The van der Waals surface area contributed by atoms with Crippen molar-refractivity contribution in [3.8, 4) is 0 Å². The monoisotopic (exact) mass is 487 g/mol. The van der Waals surface area contributed by atoms with E-state index in [1.807, 2.05) is 0 Å². The molecule has 2 rings (SSSR count). The number of nitrogens with one attached hydrogen (secondary N) is 1. The fraction of sp³-hybridized carbons (Fsp3) is 0.350. The summed E-state index contributed by atoms with van der Waals surface area (Å²) in [4.78, 5) is 12.9. The Hall–Kier alpha value is -2.14. The van der Waals surface area contributed by atoms with Crippen LogP contribution in [0.1, 0.15) is 20.8 Å². The largest absolute Gasteiger partial charge is 0.324 e. The van der Waals surface area contributed by atoms with E-state index in [0.717, 1.165) is 10.6 Å². The van der Waals surface area contributed by atoms with Crippen LogP contribution in [0.3, 0.4) is 0 Å². The number of rotatable bonds is 9. The molecular formula is C20H26ClN3O5S2. The van der Waals surface area contributed by atoms with E-state index in [1.54, 1.807) is 13.8 Å². The standard InChI is InChI=1S/C20H26ClN3O5S2/c1-5-23(6-2)31(28,29)19-13-9-17(10-14-19)22-20(25)15(3)24(30(4,26)27)18-11-7-16(21)8-12-18/h7-15H,5-6H2,1-4H3,(H,22,25)/t15-/m0/s1. The lowest BCUT2D eigenvalue weighted by atomic mass is 10.2. The third-order valence-electron chi connectivity index (χ3n) is 4.63. The molecule has 0 saturated carbocycles. The van der Waals surface area contributed by atoms with Gasteiger partial charge in [0.1, 0.15) is 6.04 Å². The Morgan fingerprint density at radius 3 is 1.94 bits per heavy atom. The molecule has 8 nitrogen and oxygen atoms in total. The second-order valence-electron chi connectivity index (χ2n) is 6.81. The van der Waals surface area contributed by atoms with Gasteiger partial charge in [-0.05, 0) is 55.5 Å². The smallest absolute Gasteiger partial charge is 0.247 e. The average molecular weight is 488 g/mol. The van der Waals surface area contributed by atoms with E-state index in [-0.39, 0.29) is 4.90 Å². The van der Waals surface area contributed by atoms with Crippen LogP contribution in [0.15, 0.2) is 53.4 Å². The van der Waals surface area contributed by atoms with Crippen molar-refractivity contribution in [3.63, 3.8) is 0 Å². The first-order chi connectivity index (χ1) is 14.4. The molecule has 0 unspecified atom stereocenters. The van der Waals surface area contributed by atoms with Crippen LogP contribution in [0.2, 0.25) is 5.02 Å². The molecule has 0 radical (unpaired) electrons. The van der Waals surface area contributed by atoms with Gasteiger partial charge in [0.25, 0.3) is 0 Å². The van der Waals surface area contributed by atoms with Gasteiger partial charge in [0.15, 0.2) is 0 Å². The molecule has 0 fully saturated rings. The first-order valence-corrected chi connectivity index (χ1v) is 13.2. The Morgan fingerprint density at radius 1 is 0.968 bits per heavy atom. The van der Waals surface area contributed by atoms with Gasteiger partial charge in [-0.3, -0.25) is 9.10 Å². The summed E-state index contributed by atoms with van der Waals surface area (Å²) in [7, 11) is -7.38. The maximum absolute atomic E-state index is 12.8. The van der Waals surface area contributed by atoms with Gasteiger partial charge in [-0.25, -0.2) is 16.8 Å². The van der Waals surface area contributed by atoms with Crippen molar-refractivity contribution in [1.29, 1.82) is 0 Å². The summed E-state index contributed by atoms with van der Waals surface area (Å²) >= 11 is 5.87. The average Bonchev–Trinajstić information content (AvgIpc) is 2.69. The van der Waals surface area contributed by atoms with E-state index in [2.05, 4.69) is 5.32 Å². The molecule has 31 heavy (non-hydrogen) atoms. The van der Waals surface area contributed by atoms with Gasteiger partial charge in [0, 0.05) is 23.8 Å². The third kappa shape index (κ3) is 5.97. The molecule has 170 valence electrons. The molecule has 0 aromatic heterocycles. The molecule has 1 atom stereocenters. The second-order valence-corrected chi connectivity index (χ2v) is 11.0. The van der Waals surface area contributed by atoms with Crippen molar-refractivity contribution in [2.75, 3.05) is 29.0 Å². The maximum atomic E-state index is 12.8. The SMILES string of the molecule is CCN(CC)S(=O)(=O)c1ccc(NC(=O)[C@H](C)N(c2ccc(Cl)cc2)S(C)(=O)=O)cc1. The summed E-state index contributed by atoms with van der Waals surface area (Å²) in [5, 5.41) is 3.07. The van der Waals surface area contributed by atoms with Gasteiger partial charge in [-0.2, -0.15) is 4.31 Å². The van der Waals surface area contributed by atoms with E-state index in [4.69, 9.17) is 11.6 Å². The number of halogens is 1. The van der Waals surface area contributed by atoms with Crippen LogP contribution in [0.5, 0.6) is 0 Å². The molecule has 0 heterocycles. The van der Waals surface area contributed by atoms with Gasteiger partial charge in [-0.1, -0.05) is 25.4 Å². The number of carbonyl (C=O) groups excluding carboxylic acids is 1. The van der Waals surface area contributed by atoms with Gasteiger partial charge < -0.3 is 5.32 Å². The number of benzene rings is 2. The summed E-state index contributed by atoms with van der Waals surface area (Å²) in [6.07, 6.45) is 1.01. The summed E-state index contributed by atoms with van der Waals surface area (Å²) in [6, 6.07) is 10.8. The van der Waals surface area contributed by atoms with Crippen LogP contribution in [0.4, 0.5) is 11.4 Å². The lowest BCUT2D eigenvalue weighted by Gasteiger charge is -2.28. The molecule has 0 aliphatic rings. The predicted octanol–water partition coefficient (Wildman–Crippen LogP) is 3.16. The number of nitrogens with zero attached hydrogens (tertiary/aromatic N) is 2. The Balaban J connectivity index is 2.24. The van der Waals surface area contributed by atoms with Crippen molar-refractivity contribution in [2.24, 2.45) is 0 Å². The van der Waals surface area contributed by atoms with E-state index in [1.165, 1.54) is 59.8 Å². The normalized spacial score (nSPS) is 13.1. The molecule has 1 amide bonds. The summed E-state index contributed by atoms with van der Waals surface area (Å²) in [5.41, 5.74) is 0.648. The van der Waals surface area contributed by atoms with Gasteiger partial charge in [0.2, 0.25) is 26.0 Å². The Bertz CT molecular complexity index is 1110. The summed E-state index contributed by atoms with van der Waals surface area (Å²) in [6.45, 7) is 5.67. The minimum absolute atomic E-state index is 0.112. The zero-order chi connectivity index (χ0) is 23.4. The lowest BCUT2D eigenvalue weighted by Crippen LogP contribution is -2.45. The Kier molecular flexibility index (Phi) is 8.09. The van der Waals surface area contributed by atoms with Gasteiger partial charge in [0.05, 0.1) is 16.8 Å². The second kappa shape index (κ2) is 9.99. The Morgan fingerprint density at radius 2 is 1.48 bits per heavy atom. The molecular weight excluding hydrogens is 462 g/mol. The molecule has 0 spiro atoms. The summed E-state index contributed by atoms with van der Waals surface area (Å²) < 4.78 is 52.1. The molecule has 1 N–H and O–H groups in total. The molecule has 11 heteroatoms. The van der Waals surface area contributed by atoms with Crippen LogP contribution in [-0.4, -0.2) is 52.4 Å². The number of hydrogen-bond donors (Lipinski definition) is 1. The minimum atomic E-state index is -3.76. The van der Waals surface area contributed by atoms with Crippen LogP contribution in [0.25, 0.3) is 0 Å². The van der Waals surface area contributed by atoms with Crippen molar-refractivity contribution in [2.45, 2.75) is 31.7 Å². The highest BCUT2D eigenvalue weighted by atomic mass is 35.5. The quantitative estimate of drug-likeness (QED) is 0.585. The molecule has 0 bridgehead atoms.